The van der Waals surface area contributed by atoms with Crippen molar-refractivity contribution in [3.8, 4) is 0 Å². The third-order valence-electron chi connectivity index (χ3n) is 2.81. The molecule has 1 N–H and O–H groups in total. The number of rotatable bonds is 3. The van der Waals surface area contributed by atoms with Crippen molar-refractivity contribution in [1.29, 1.82) is 0 Å². The molecular formula is C13H18ClNO2. The van der Waals surface area contributed by atoms with Gasteiger partial charge in [0, 0.05) is 6.54 Å². The maximum atomic E-state index is 11.3. The van der Waals surface area contributed by atoms with Gasteiger partial charge in [-0.05, 0) is 36.6 Å². The van der Waals surface area contributed by atoms with Crippen LogP contribution < -0.4 is 5.32 Å². The second-order valence-electron chi connectivity index (χ2n) is 4.01. The Bertz CT molecular complexity index is 393. The zero-order chi connectivity index (χ0) is 11.4. The maximum Gasteiger partial charge on any atom is 0.310 e. The molecule has 0 bridgehead atoms. The van der Waals surface area contributed by atoms with E-state index in [-0.39, 0.29) is 18.4 Å². The van der Waals surface area contributed by atoms with Gasteiger partial charge in [-0.25, -0.2) is 0 Å². The Morgan fingerprint density at radius 2 is 2.24 bits per heavy atom. The predicted molar refractivity (Wildman–Crippen MR) is 69.4 cm³/mol. The van der Waals surface area contributed by atoms with Gasteiger partial charge in [-0.1, -0.05) is 18.2 Å². The number of nitrogens with one attached hydrogen (secondary N) is 1. The summed E-state index contributed by atoms with van der Waals surface area (Å²) in [7, 11) is 0. The van der Waals surface area contributed by atoms with Crippen LogP contribution in [0.25, 0.3) is 0 Å². The quantitative estimate of drug-likeness (QED) is 0.838. The molecule has 0 fully saturated rings. The van der Waals surface area contributed by atoms with Gasteiger partial charge in [0.15, 0.2) is 0 Å². The molecule has 0 aliphatic carbocycles. The monoisotopic (exact) mass is 255 g/mol. The normalized spacial score (nSPS) is 13.5. The zero-order valence-electron chi connectivity index (χ0n) is 9.99. The Balaban J connectivity index is 0.00000144. The van der Waals surface area contributed by atoms with Crippen LogP contribution in [0.2, 0.25) is 0 Å². The minimum absolute atomic E-state index is 0. The van der Waals surface area contributed by atoms with Crippen molar-refractivity contribution in [2.75, 3.05) is 13.2 Å². The topological polar surface area (TPSA) is 38.3 Å². The molecule has 0 saturated heterocycles. The van der Waals surface area contributed by atoms with E-state index in [2.05, 4.69) is 17.4 Å². The number of carbonyl (C=O) groups excluding carboxylic acids is 1. The minimum Gasteiger partial charge on any atom is -0.466 e. The molecule has 1 aromatic rings. The molecule has 1 aliphatic rings. The van der Waals surface area contributed by atoms with E-state index in [0.29, 0.717) is 13.0 Å². The first kappa shape index (κ1) is 14.0. The van der Waals surface area contributed by atoms with Crippen molar-refractivity contribution in [2.24, 2.45) is 0 Å². The van der Waals surface area contributed by atoms with Crippen molar-refractivity contribution >= 4 is 18.4 Å². The number of ether oxygens (including phenoxy) is 1. The third-order valence-corrected chi connectivity index (χ3v) is 2.81. The maximum absolute atomic E-state index is 11.3. The standard InChI is InChI=1S/C13H17NO2.ClH/c1-2-16-13(15)8-10-3-4-11-5-6-14-9-12(11)7-10;/h3-4,7,14H,2,5-6,8-9H2,1H3;1H. The molecule has 0 amide bonds. The van der Waals surface area contributed by atoms with Crippen LogP contribution in [0.4, 0.5) is 0 Å². The fourth-order valence-corrected chi connectivity index (χ4v) is 2.02. The number of carbonyl (C=O) groups is 1. The molecule has 0 radical (unpaired) electrons. The largest absolute Gasteiger partial charge is 0.466 e. The van der Waals surface area contributed by atoms with Crippen LogP contribution in [-0.4, -0.2) is 19.1 Å². The highest BCUT2D eigenvalue weighted by Gasteiger charge is 2.10. The van der Waals surface area contributed by atoms with Gasteiger partial charge in [0.25, 0.3) is 0 Å². The second kappa shape index (κ2) is 6.62. The molecule has 94 valence electrons. The molecule has 2 rings (SSSR count). The second-order valence-corrected chi connectivity index (χ2v) is 4.01. The van der Waals surface area contributed by atoms with Crippen molar-refractivity contribution in [3.05, 3.63) is 34.9 Å². The van der Waals surface area contributed by atoms with E-state index in [1.807, 2.05) is 13.0 Å². The molecule has 0 aromatic heterocycles. The molecule has 1 heterocycles. The van der Waals surface area contributed by atoms with E-state index in [9.17, 15) is 4.79 Å². The molecule has 1 aromatic carbocycles. The summed E-state index contributed by atoms with van der Waals surface area (Å²) in [6, 6.07) is 6.27. The summed E-state index contributed by atoms with van der Waals surface area (Å²) in [5, 5.41) is 3.33. The lowest BCUT2D eigenvalue weighted by Crippen LogP contribution is -2.23. The fourth-order valence-electron chi connectivity index (χ4n) is 2.02. The van der Waals surface area contributed by atoms with Gasteiger partial charge in [-0.3, -0.25) is 4.79 Å². The summed E-state index contributed by atoms with van der Waals surface area (Å²) in [6.45, 7) is 4.23. The van der Waals surface area contributed by atoms with Gasteiger partial charge in [-0.15, -0.1) is 12.4 Å². The molecule has 0 unspecified atom stereocenters. The first-order valence-electron chi connectivity index (χ1n) is 5.76. The lowest BCUT2D eigenvalue weighted by atomic mass is 9.97. The Labute approximate surface area is 108 Å². The predicted octanol–water partition coefficient (Wildman–Crippen LogP) is 1.86. The molecule has 0 atom stereocenters. The van der Waals surface area contributed by atoms with E-state index in [1.165, 1.54) is 11.1 Å². The van der Waals surface area contributed by atoms with Crippen molar-refractivity contribution in [3.63, 3.8) is 0 Å². The number of hydrogen-bond acceptors (Lipinski definition) is 3. The number of benzene rings is 1. The van der Waals surface area contributed by atoms with Crippen molar-refractivity contribution in [2.45, 2.75) is 26.3 Å². The van der Waals surface area contributed by atoms with Gasteiger partial charge >= 0.3 is 5.97 Å². The first-order valence-corrected chi connectivity index (χ1v) is 5.76. The van der Waals surface area contributed by atoms with Gasteiger partial charge in [0.1, 0.15) is 0 Å². The smallest absolute Gasteiger partial charge is 0.310 e. The third kappa shape index (κ3) is 3.72. The van der Waals surface area contributed by atoms with Crippen LogP contribution in [0.15, 0.2) is 18.2 Å². The Morgan fingerprint density at radius 1 is 1.41 bits per heavy atom. The van der Waals surface area contributed by atoms with E-state index in [0.717, 1.165) is 25.1 Å². The van der Waals surface area contributed by atoms with E-state index >= 15 is 0 Å². The zero-order valence-corrected chi connectivity index (χ0v) is 10.8. The number of esters is 1. The van der Waals surface area contributed by atoms with Crippen LogP contribution in [0.1, 0.15) is 23.6 Å². The lowest BCUT2D eigenvalue weighted by Gasteiger charge is -2.17. The highest BCUT2D eigenvalue weighted by molar-refractivity contribution is 5.85. The average Bonchev–Trinajstić information content (AvgIpc) is 2.29. The molecule has 1 aliphatic heterocycles. The van der Waals surface area contributed by atoms with E-state index in [1.54, 1.807) is 0 Å². The van der Waals surface area contributed by atoms with Gasteiger partial charge < -0.3 is 10.1 Å². The van der Waals surface area contributed by atoms with Crippen LogP contribution >= 0.6 is 12.4 Å². The van der Waals surface area contributed by atoms with Crippen LogP contribution in [-0.2, 0) is 28.9 Å². The highest BCUT2D eigenvalue weighted by atomic mass is 35.5. The summed E-state index contributed by atoms with van der Waals surface area (Å²) >= 11 is 0. The molecule has 17 heavy (non-hydrogen) atoms. The fraction of sp³-hybridized carbons (Fsp3) is 0.462. The molecule has 0 spiro atoms. The van der Waals surface area contributed by atoms with E-state index < -0.39 is 0 Å². The average molecular weight is 256 g/mol. The summed E-state index contributed by atoms with van der Waals surface area (Å²) in [5.41, 5.74) is 3.75. The first-order chi connectivity index (χ1) is 7.79. The summed E-state index contributed by atoms with van der Waals surface area (Å²) in [4.78, 5) is 11.3. The van der Waals surface area contributed by atoms with Crippen molar-refractivity contribution < 1.29 is 9.53 Å². The number of hydrogen-bond donors (Lipinski definition) is 1. The summed E-state index contributed by atoms with van der Waals surface area (Å²) < 4.78 is 4.94. The molecular weight excluding hydrogens is 238 g/mol. The number of fused-ring (bicyclic) bond motifs is 1. The lowest BCUT2D eigenvalue weighted by molar-refractivity contribution is -0.142. The molecule has 3 nitrogen and oxygen atoms in total. The summed E-state index contributed by atoms with van der Waals surface area (Å²) in [6.07, 6.45) is 1.45. The van der Waals surface area contributed by atoms with Crippen LogP contribution in [0.5, 0.6) is 0 Å². The highest BCUT2D eigenvalue weighted by Crippen LogP contribution is 2.16. The Morgan fingerprint density at radius 3 is 3.00 bits per heavy atom. The molecule has 0 saturated carbocycles. The van der Waals surface area contributed by atoms with Gasteiger partial charge in [0.05, 0.1) is 13.0 Å². The Hall–Kier alpha value is -1.06. The van der Waals surface area contributed by atoms with Gasteiger partial charge in [0.2, 0.25) is 0 Å². The van der Waals surface area contributed by atoms with Gasteiger partial charge in [-0.2, -0.15) is 0 Å². The number of halogens is 1. The van der Waals surface area contributed by atoms with E-state index in [4.69, 9.17) is 4.74 Å². The molecule has 4 heteroatoms. The summed E-state index contributed by atoms with van der Waals surface area (Å²) in [5.74, 6) is -0.147. The van der Waals surface area contributed by atoms with Crippen LogP contribution in [0, 0.1) is 0 Å². The Kier molecular flexibility index (Phi) is 5.45. The minimum atomic E-state index is -0.147. The van der Waals surface area contributed by atoms with Crippen molar-refractivity contribution in [1.82, 2.24) is 5.32 Å². The van der Waals surface area contributed by atoms with Crippen LogP contribution in [0.3, 0.4) is 0 Å². The SMILES string of the molecule is CCOC(=O)Cc1ccc2c(c1)CNCC2.Cl.